The second-order valence-electron chi connectivity index (χ2n) is 3.04. The number of aromatic nitrogens is 3. The smallest absolute Gasteiger partial charge is 0.113 e. The molecule has 0 amide bonds. The number of rotatable bonds is 2. The summed E-state index contributed by atoms with van der Waals surface area (Å²) in [4.78, 5) is 1.66. The van der Waals surface area contributed by atoms with Crippen LogP contribution in [0.2, 0.25) is 0 Å². The van der Waals surface area contributed by atoms with Crippen LogP contribution >= 0.6 is 0 Å². The Morgan fingerprint density at radius 2 is 2.00 bits per heavy atom. The Bertz CT molecular complexity index is 416. The van der Waals surface area contributed by atoms with E-state index in [1.165, 1.54) is 0 Å². The molecule has 1 aromatic heterocycles. The second kappa shape index (κ2) is 3.49. The van der Waals surface area contributed by atoms with E-state index < -0.39 is 0 Å². The number of nitrogens with two attached hydrogens (primary N) is 1. The summed E-state index contributed by atoms with van der Waals surface area (Å²) in [6, 6.07) is 7.61. The molecule has 2 rings (SSSR count). The molecular weight excluding hydrogens is 176 g/mol. The lowest BCUT2D eigenvalue weighted by Gasteiger charge is -1.96. The minimum Gasteiger partial charge on any atom is -0.399 e. The van der Waals surface area contributed by atoms with E-state index in [-0.39, 0.29) is 0 Å². The van der Waals surface area contributed by atoms with Crippen molar-refractivity contribution in [1.82, 2.24) is 15.0 Å². The van der Waals surface area contributed by atoms with Crippen LogP contribution in [0.15, 0.2) is 30.5 Å². The van der Waals surface area contributed by atoms with Gasteiger partial charge in [-0.25, -0.2) is 0 Å². The highest BCUT2D eigenvalue weighted by molar-refractivity contribution is 5.60. The van der Waals surface area contributed by atoms with E-state index >= 15 is 0 Å². The third-order valence-electron chi connectivity index (χ3n) is 2.03. The average molecular weight is 188 g/mol. The first kappa shape index (κ1) is 8.74. The predicted molar refractivity (Wildman–Crippen MR) is 55.5 cm³/mol. The second-order valence-corrected chi connectivity index (χ2v) is 3.04. The van der Waals surface area contributed by atoms with Crippen molar-refractivity contribution in [2.24, 2.45) is 0 Å². The Morgan fingerprint density at radius 1 is 1.29 bits per heavy atom. The molecule has 0 aliphatic heterocycles. The standard InChI is InChI=1S/C10H12N4/c1-2-14-12-7-10(13-14)8-3-5-9(11)6-4-8/h3-7H,2,11H2,1H3. The van der Waals surface area contributed by atoms with Gasteiger partial charge in [0.15, 0.2) is 0 Å². The van der Waals surface area contributed by atoms with Gasteiger partial charge in [0.1, 0.15) is 5.69 Å². The SMILES string of the molecule is CCn1ncc(-c2ccc(N)cc2)n1. The Morgan fingerprint density at radius 3 is 2.57 bits per heavy atom. The van der Waals surface area contributed by atoms with Gasteiger partial charge in [-0.05, 0) is 19.1 Å². The van der Waals surface area contributed by atoms with E-state index in [4.69, 9.17) is 5.73 Å². The van der Waals surface area contributed by atoms with Gasteiger partial charge in [0.2, 0.25) is 0 Å². The number of hydrogen-bond acceptors (Lipinski definition) is 3. The number of hydrogen-bond donors (Lipinski definition) is 1. The van der Waals surface area contributed by atoms with Crippen LogP contribution in [0.5, 0.6) is 0 Å². The van der Waals surface area contributed by atoms with Crippen LogP contribution in [-0.4, -0.2) is 15.0 Å². The van der Waals surface area contributed by atoms with Gasteiger partial charge in [-0.2, -0.15) is 15.0 Å². The zero-order chi connectivity index (χ0) is 9.97. The first-order chi connectivity index (χ1) is 6.79. The Kier molecular flexibility index (Phi) is 2.18. The van der Waals surface area contributed by atoms with Crippen molar-refractivity contribution in [1.29, 1.82) is 0 Å². The highest BCUT2D eigenvalue weighted by atomic mass is 15.5. The van der Waals surface area contributed by atoms with Gasteiger partial charge in [-0.1, -0.05) is 12.1 Å². The van der Waals surface area contributed by atoms with Crippen molar-refractivity contribution < 1.29 is 0 Å². The number of nitrogens with zero attached hydrogens (tertiary/aromatic N) is 3. The van der Waals surface area contributed by atoms with Gasteiger partial charge >= 0.3 is 0 Å². The Hall–Kier alpha value is -1.84. The maximum Gasteiger partial charge on any atom is 0.113 e. The summed E-state index contributed by atoms with van der Waals surface area (Å²) < 4.78 is 0. The van der Waals surface area contributed by atoms with Crippen LogP contribution in [0.3, 0.4) is 0 Å². The van der Waals surface area contributed by atoms with E-state index in [1.807, 2.05) is 31.2 Å². The molecule has 0 radical (unpaired) electrons. The van der Waals surface area contributed by atoms with Crippen LogP contribution < -0.4 is 5.73 Å². The fourth-order valence-electron chi connectivity index (χ4n) is 1.24. The van der Waals surface area contributed by atoms with Crippen LogP contribution in [0, 0.1) is 0 Å². The van der Waals surface area contributed by atoms with E-state index in [0.717, 1.165) is 23.5 Å². The molecule has 72 valence electrons. The topological polar surface area (TPSA) is 56.7 Å². The molecule has 0 saturated heterocycles. The lowest BCUT2D eigenvalue weighted by atomic mass is 10.1. The monoisotopic (exact) mass is 188 g/mol. The van der Waals surface area contributed by atoms with Crippen LogP contribution in [0.1, 0.15) is 6.92 Å². The Balaban J connectivity index is 2.34. The molecule has 4 nitrogen and oxygen atoms in total. The third-order valence-corrected chi connectivity index (χ3v) is 2.03. The molecule has 0 fully saturated rings. The summed E-state index contributed by atoms with van der Waals surface area (Å²) in [5, 5.41) is 8.40. The van der Waals surface area contributed by atoms with Gasteiger partial charge in [0.05, 0.1) is 12.7 Å². The van der Waals surface area contributed by atoms with Crippen molar-refractivity contribution in [3.63, 3.8) is 0 Å². The van der Waals surface area contributed by atoms with E-state index in [9.17, 15) is 0 Å². The normalized spacial score (nSPS) is 10.4. The number of benzene rings is 1. The van der Waals surface area contributed by atoms with E-state index in [0.29, 0.717) is 0 Å². The van der Waals surface area contributed by atoms with Crippen LogP contribution in [0.4, 0.5) is 5.69 Å². The summed E-state index contributed by atoms with van der Waals surface area (Å²) in [6.07, 6.45) is 1.76. The maximum atomic E-state index is 5.59. The summed E-state index contributed by atoms with van der Waals surface area (Å²) in [5.74, 6) is 0. The quantitative estimate of drug-likeness (QED) is 0.727. The van der Waals surface area contributed by atoms with Gasteiger partial charge in [-0.3, -0.25) is 0 Å². The largest absolute Gasteiger partial charge is 0.399 e. The van der Waals surface area contributed by atoms with Crippen molar-refractivity contribution in [2.45, 2.75) is 13.5 Å². The molecule has 4 heteroatoms. The molecule has 2 N–H and O–H groups in total. The molecule has 1 heterocycles. The zero-order valence-electron chi connectivity index (χ0n) is 8.01. The summed E-state index contributed by atoms with van der Waals surface area (Å²) in [6.45, 7) is 2.79. The fourth-order valence-corrected chi connectivity index (χ4v) is 1.24. The van der Waals surface area contributed by atoms with Gasteiger partial charge in [0, 0.05) is 11.3 Å². The number of aryl methyl sites for hydroxylation is 1. The third kappa shape index (κ3) is 1.59. The van der Waals surface area contributed by atoms with Crippen LogP contribution in [0.25, 0.3) is 11.3 Å². The number of anilines is 1. The molecule has 1 aromatic carbocycles. The molecule has 0 aliphatic carbocycles. The molecule has 0 bridgehead atoms. The van der Waals surface area contributed by atoms with Gasteiger partial charge < -0.3 is 5.73 Å². The van der Waals surface area contributed by atoms with Crippen molar-refractivity contribution in [3.05, 3.63) is 30.5 Å². The molecule has 0 unspecified atom stereocenters. The van der Waals surface area contributed by atoms with E-state index in [2.05, 4.69) is 10.2 Å². The fraction of sp³-hybridized carbons (Fsp3) is 0.200. The Labute approximate surface area is 82.4 Å². The minimum absolute atomic E-state index is 0.761. The molecule has 0 atom stereocenters. The predicted octanol–water partition coefficient (Wildman–Crippen LogP) is 1.55. The first-order valence-corrected chi connectivity index (χ1v) is 4.55. The molecule has 0 aliphatic rings. The molecule has 14 heavy (non-hydrogen) atoms. The highest BCUT2D eigenvalue weighted by Gasteiger charge is 2.01. The maximum absolute atomic E-state index is 5.59. The molecule has 0 spiro atoms. The highest BCUT2D eigenvalue weighted by Crippen LogP contribution is 2.16. The average Bonchev–Trinajstić information content (AvgIpc) is 2.67. The van der Waals surface area contributed by atoms with Crippen molar-refractivity contribution in [2.75, 3.05) is 5.73 Å². The summed E-state index contributed by atoms with van der Waals surface area (Å²) >= 11 is 0. The lowest BCUT2D eigenvalue weighted by Crippen LogP contribution is -1.97. The first-order valence-electron chi connectivity index (χ1n) is 4.55. The van der Waals surface area contributed by atoms with Gasteiger partial charge in [0.25, 0.3) is 0 Å². The minimum atomic E-state index is 0.761. The number of nitrogen functional groups attached to an aromatic ring is 1. The lowest BCUT2D eigenvalue weighted by molar-refractivity contribution is 0.571. The van der Waals surface area contributed by atoms with Crippen molar-refractivity contribution >= 4 is 5.69 Å². The molecule has 0 saturated carbocycles. The molecular formula is C10H12N4. The summed E-state index contributed by atoms with van der Waals surface area (Å²) in [5.41, 5.74) is 8.28. The summed E-state index contributed by atoms with van der Waals surface area (Å²) in [7, 11) is 0. The van der Waals surface area contributed by atoms with Crippen LogP contribution in [-0.2, 0) is 6.54 Å². The molecule has 2 aromatic rings. The van der Waals surface area contributed by atoms with Gasteiger partial charge in [-0.15, -0.1) is 0 Å². The van der Waals surface area contributed by atoms with Crippen molar-refractivity contribution in [3.8, 4) is 11.3 Å². The van der Waals surface area contributed by atoms with E-state index in [1.54, 1.807) is 11.0 Å². The zero-order valence-corrected chi connectivity index (χ0v) is 8.01.